The molecule has 14 heavy (non-hydrogen) atoms. The summed E-state index contributed by atoms with van der Waals surface area (Å²) in [6.07, 6.45) is 3.67. The first-order valence-corrected chi connectivity index (χ1v) is 4.58. The topological polar surface area (TPSA) is 37.3 Å². The van der Waals surface area contributed by atoms with E-state index in [9.17, 15) is 0 Å². The first-order chi connectivity index (χ1) is 6.95. The third-order valence-electron chi connectivity index (χ3n) is 2.48. The van der Waals surface area contributed by atoms with Gasteiger partial charge in [-0.2, -0.15) is 5.10 Å². The van der Waals surface area contributed by atoms with Gasteiger partial charge in [0.05, 0.1) is 18.3 Å². The van der Waals surface area contributed by atoms with Crippen molar-refractivity contribution in [3.8, 4) is 0 Å². The molecule has 0 saturated heterocycles. The van der Waals surface area contributed by atoms with E-state index in [1.807, 2.05) is 24.5 Å². The summed E-state index contributed by atoms with van der Waals surface area (Å²) in [5, 5.41) is 5.24. The van der Waals surface area contributed by atoms with Gasteiger partial charge in [0.25, 0.3) is 0 Å². The highest BCUT2D eigenvalue weighted by molar-refractivity contribution is 5.93. The van der Waals surface area contributed by atoms with E-state index in [1.54, 1.807) is 0 Å². The molecule has 0 unspecified atom stereocenters. The Balaban J connectivity index is 2.41. The molecule has 0 spiro atoms. The Hall–Kier alpha value is -1.90. The lowest BCUT2D eigenvalue weighted by atomic mass is 10.0. The fourth-order valence-electron chi connectivity index (χ4n) is 1.79. The van der Waals surface area contributed by atoms with Crippen molar-refractivity contribution in [2.24, 2.45) is 5.10 Å². The number of pyridine rings is 1. The van der Waals surface area contributed by atoms with Crippen LogP contribution in [-0.2, 0) is 6.54 Å². The van der Waals surface area contributed by atoms with Gasteiger partial charge in [-0.05, 0) is 17.7 Å². The summed E-state index contributed by atoms with van der Waals surface area (Å²) in [4.78, 5) is 4.32. The number of rotatable bonds is 0. The van der Waals surface area contributed by atoms with Gasteiger partial charge in [-0.3, -0.25) is 4.98 Å². The number of nitrogens with zero attached hydrogens (tertiary/aromatic N) is 2. The third kappa shape index (κ3) is 0.988. The van der Waals surface area contributed by atoms with Crippen LogP contribution in [0.2, 0.25) is 0 Å². The second-order valence-electron chi connectivity index (χ2n) is 3.30. The van der Waals surface area contributed by atoms with E-state index in [0.29, 0.717) is 0 Å². The van der Waals surface area contributed by atoms with Crippen LogP contribution in [0.15, 0.2) is 35.6 Å². The summed E-state index contributed by atoms with van der Waals surface area (Å²) < 4.78 is 0. The summed E-state index contributed by atoms with van der Waals surface area (Å²) in [5.41, 5.74) is 6.49. The van der Waals surface area contributed by atoms with Crippen molar-refractivity contribution in [1.29, 1.82) is 0 Å². The molecule has 2 heterocycles. The minimum atomic E-state index is 0.787. The maximum absolute atomic E-state index is 4.32. The van der Waals surface area contributed by atoms with Gasteiger partial charge in [-0.25, -0.2) is 0 Å². The molecule has 0 fully saturated rings. The Morgan fingerprint density at radius 3 is 3.21 bits per heavy atom. The van der Waals surface area contributed by atoms with E-state index in [0.717, 1.165) is 12.1 Å². The summed E-state index contributed by atoms with van der Waals surface area (Å²) in [7, 11) is 0. The number of aromatic nitrogens is 1. The number of nitrogens with one attached hydrogen (secondary N) is 1. The molecule has 0 radical (unpaired) electrons. The van der Waals surface area contributed by atoms with Gasteiger partial charge in [0.15, 0.2) is 0 Å². The van der Waals surface area contributed by atoms with Crippen LogP contribution in [0.4, 0.5) is 0 Å². The van der Waals surface area contributed by atoms with Gasteiger partial charge in [0.1, 0.15) is 0 Å². The van der Waals surface area contributed by atoms with Crippen LogP contribution in [0, 0.1) is 0 Å². The summed E-state index contributed by atoms with van der Waals surface area (Å²) in [5.74, 6) is 0. The van der Waals surface area contributed by atoms with E-state index in [4.69, 9.17) is 0 Å². The molecule has 3 nitrogen and oxygen atoms in total. The Morgan fingerprint density at radius 2 is 2.21 bits per heavy atom. The van der Waals surface area contributed by atoms with Gasteiger partial charge in [-0.15, -0.1) is 0 Å². The zero-order chi connectivity index (χ0) is 9.38. The van der Waals surface area contributed by atoms with Crippen LogP contribution in [-0.4, -0.2) is 11.2 Å². The van der Waals surface area contributed by atoms with Gasteiger partial charge >= 0.3 is 0 Å². The lowest BCUT2D eigenvalue weighted by Gasteiger charge is -2.13. The highest BCUT2D eigenvalue weighted by Crippen LogP contribution is 2.21. The molecule has 0 saturated carbocycles. The Labute approximate surface area is 81.5 Å². The van der Waals surface area contributed by atoms with Gasteiger partial charge < -0.3 is 5.43 Å². The van der Waals surface area contributed by atoms with Gasteiger partial charge in [0, 0.05) is 17.1 Å². The van der Waals surface area contributed by atoms with Crippen LogP contribution in [0.25, 0.3) is 10.9 Å². The third-order valence-corrected chi connectivity index (χ3v) is 2.48. The van der Waals surface area contributed by atoms with E-state index < -0.39 is 0 Å². The molecule has 1 N–H and O–H groups in total. The predicted molar refractivity (Wildman–Crippen MR) is 56.2 cm³/mol. The molecule has 0 aliphatic carbocycles. The van der Waals surface area contributed by atoms with Crippen LogP contribution in [0.1, 0.15) is 11.1 Å². The monoisotopic (exact) mass is 183 g/mol. The molecule has 2 aromatic rings. The summed E-state index contributed by atoms with van der Waals surface area (Å²) in [6.45, 7) is 0.787. The molecule has 0 atom stereocenters. The van der Waals surface area contributed by atoms with E-state index in [-0.39, 0.29) is 0 Å². The minimum Gasteiger partial charge on any atom is -0.306 e. The molecule has 0 bridgehead atoms. The highest BCUT2D eigenvalue weighted by atomic mass is 15.3. The average molecular weight is 183 g/mol. The van der Waals surface area contributed by atoms with Crippen molar-refractivity contribution in [3.05, 3.63) is 41.6 Å². The number of hydrogen-bond donors (Lipinski definition) is 1. The summed E-state index contributed by atoms with van der Waals surface area (Å²) >= 11 is 0. The Kier molecular flexibility index (Phi) is 1.50. The summed E-state index contributed by atoms with van der Waals surface area (Å²) in [6, 6.07) is 8.16. The fourth-order valence-corrected chi connectivity index (χ4v) is 1.79. The average Bonchev–Trinajstić information content (AvgIpc) is 2.29. The van der Waals surface area contributed by atoms with Crippen molar-refractivity contribution in [2.75, 3.05) is 0 Å². The van der Waals surface area contributed by atoms with Crippen molar-refractivity contribution in [1.82, 2.24) is 10.4 Å². The number of fused-ring (bicyclic) bond motifs is 3. The molecule has 3 rings (SSSR count). The quantitative estimate of drug-likeness (QED) is 0.674. The smallest absolute Gasteiger partial charge is 0.0705 e. The lowest BCUT2D eigenvalue weighted by Crippen LogP contribution is -2.13. The number of hydrazone groups is 1. The molecule has 1 aliphatic heterocycles. The van der Waals surface area contributed by atoms with E-state index >= 15 is 0 Å². The maximum Gasteiger partial charge on any atom is 0.0705 e. The van der Waals surface area contributed by atoms with Crippen LogP contribution in [0.5, 0.6) is 0 Å². The predicted octanol–water partition coefficient (Wildman–Crippen LogP) is 1.67. The first-order valence-electron chi connectivity index (χ1n) is 4.58. The Morgan fingerprint density at radius 1 is 1.21 bits per heavy atom. The lowest BCUT2D eigenvalue weighted by molar-refractivity contribution is 0.739. The zero-order valence-corrected chi connectivity index (χ0v) is 7.57. The van der Waals surface area contributed by atoms with Crippen LogP contribution < -0.4 is 5.43 Å². The van der Waals surface area contributed by atoms with E-state index in [2.05, 4.69) is 27.6 Å². The van der Waals surface area contributed by atoms with Gasteiger partial charge in [0.2, 0.25) is 0 Å². The SMILES string of the molecule is C1=NNCc2c1ccc1ncccc21. The molecular formula is C11H9N3. The normalized spacial score (nSPS) is 13.7. The maximum atomic E-state index is 4.32. The zero-order valence-electron chi connectivity index (χ0n) is 7.57. The molecule has 1 aromatic carbocycles. The molecule has 68 valence electrons. The largest absolute Gasteiger partial charge is 0.306 e. The van der Waals surface area contributed by atoms with Crippen molar-refractivity contribution < 1.29 is 0 Å². The fraction of sp³-hybridized carbons (Fsp3) is 0.0909. The molecule has 1 aromatic heterocycles. The standard InChI is InChI=1S/C11H9N3/c1-2-9-10-7-14-13-6-8(10)3-4-11(9)12-5-1/h1-6,14H,7H2. The van der Waals surface area contributed by atoms with E-state index in [1.165, 1.54) is 16.5 Å². The number of benzene rings is 1. The minimum absolute atomic E-state index is 0.787. The first kappa shape index (κ1) is 7.50. The molecule has 1 aliphatic rings. The van der Waals surface area contributed by atoms with Crippen molar-refractivity contribution in [2.45, 2.75) is 6.54 Å². The van der Waals surface area contributed by atoms with Crippen molar-refractivity contribution >= 4 is 17.1 Å². The van der Waals surface area contributed by atoms with Gasteiger partial charge in [-0.1, -0.05) is 12.1 Å². The molecular weight excluding hydrogens is 174 g/mol. The second kappa shape index (κ2) is 2.80. The molecule has 0 amide bonds. The highest BCUT2D eigenvalue weighted by Gasteiger charge is 2.08. The van der Waals surface area contributed by atoms with Crippen LogP contribution in [0.3, 0.4) is 0 Å². The molecule has 3 heteroatoms. The number of hydrogen-bond acceptors (Lipinski definition) is 3. The Bertz CT molecular complexity index is 517. The van der Waals surface area contributed by atoms with Crippen molar-refractivity contribution in [3.63, 3.8) is 0 Å². The van der Waals surface area contributed by atoms with Crippen LogP contribution >= 0.6 is 0 Å². The second-order valence-corrected chi connectivity index (χ2v) is 3.30.